The molecule has 96 valence electrons. The molecule has 0 aliphatic heterocycles. The molecule has 0 radical (unpaired) electrons. The lowest BCUT2D eigenvalue weighted by Crippen LogP contribution is -2.30. The summed E-state index contributed by atoms with van der Waals surface area (Å²) in [6.45, 7) is 5.52. The Hall–Kier alpha value is -0.850. The van der Waals surface area contributed by atoms with Crippen molar-refractivity contribution in [2.45, 2.75) is 71.8 Å². The molecule has 1 aromatic heterocycles. The molecule has 0 aliphatic rings. The SMILES string of the molecule is CCCCCCCCCc1cc[n+](CC)cc1. The maximum absolute atomic E-state index is 2.28. The van der Waals surface area contributed by atoms with Crippen LogP contribution >= 0.6 is 0 Å². The highest BCUT2D eigenvalue weighted by Crippen LogP contribution is 2.09. The van der Waals surface area contributed by atoms with E-state index >= 15 is 0 Å². The Bertz CT molecular complexity index is 276. The first-order valence-electron chi connectivity index (χ1n) is 7.34. The number of aryl methyl sites for hydroxylation is 2. The molecule has 1 aromatic rings. The largest absolute Gasteiger partial charge is 0.205 e. The van der Waals surface area contributed by atoms with Crippen LogP contribution in [0.25, 0.3) is 0 Å². The molecule has 1 heterocycles. The first kappa shape index (κ1) is 14.2. The molecule has 0 atom stereocenters. The van der Waals surface area contributed by atoms with Crippen LogP contribution in [0.4, 0.5) is 0 Å². The first-order chi connectivity index (χ1) is 8.36. The molecule has 0 fully saturated rings. The molecule has 0 spiro atoms. The third kappa shape index (κ3) is 6.45. The quantitative estimate of drug-likeness (QED) is 0.443. The van der Waals surface area contributed by atoms with Crippen LogP contribution in [-0.4, -0.2) is 0 Å². The fourth-order valence-corrected chi connectivity index (χ4v) is 2.15. The van der Waals surface area contributed by atoms with Crippen molar-refractivity contribution in [1.82, 2.24) is 0 Å². The normalized spacial score (nSPS) is 10.7. The summed E-state index contributed by atoms with van der Waals surface area (Å²) < 4.78 is 2.22. The predicted octanol–water partition coefficient (Wildman–Crippen LogP) is 4.29. The van der Waals surface area contributed by atoms with Crippen molar-refractivity contribution < 1.29 is 4.57 Å². The smallest absolute Gasteiger partial charge is 0.169 e. The number of hydrogen-bond donors (Lipinski definition) is 0. The Morgan fingerprint density at radius 1 is 0.824 bits per heavy atom. The van der Waals surface area contributed by atoms with Gasteiger partial charge < -0.3 is 0 Å². The molecule has 0 N–H and O–H groups in total. The van der Waals surface area contributed by atoms with Crippen LogP contribution in [0.2, 0.25) is 0 Å². The molecular formula is C16H28N+. The highest BCUT2D eigenvalue weighted by molar-refractivity contribution is 5.07. The summed E-state index contributed by atoms with van der Waals surface area (Å²) >= 11 is 0. The Labute approximate surface area is 107 Å². The van der Waals surface area contributed by atoms with E-state index in [9.17, 15) is 0 Å². The molecule has 0 aliphatic carbocycles. The standard InChI is InChI=1S/C16H28N/c1-3-5-6-7-8-9-10-11-16-12-14-17(4-2)15-13-16/h12-15H,3-11H2,1-2H3/q+1. The van der Waals surface area contributed by atoms with Crippen molar-refractivity contribution in [2.24, 2.45) is 0 Å². The average molecular weight is 234 g/mol. The minimum Gasteiger partial charge on any atom is -0.205 e. The second-order valence-corrected chi connectivity index (χ2v) is 4.91. The van der Waals surface area contributed by atoms with Crippen LogP contribution < -0.4 is 4.57 Å². The number of nitrogens with zero attached hydrogens (tertiary/aromatic N) is 1. The number of pyridine rings is 1. The van der Waals surface area contributed by atoms with Crippen LogP contribution in [0.3, 0.4) is 0 Å². The van der Waals surface area contributed by atoms with Gasteiger partial charge in [-0.15, -0.1) is 0 Å². The molecular weight excluding hydrogens is 206 g/mol. The summed E-state index contributed by atoms with van der Waals surface area (Å²) in [5.41, 5.74) is 1.49. The van der Waals surface area contributed by atoms with Gasteiger partial charge in [-0.2, -0.15) is 0 Å². The second kappa shape index (κ2) is 9.21. The summed E-state index contributed by atoms with van der Waals surface area (Å²) in [4.78, 5) is 0. The molecule has 1 rings (SSSR count). The van der Waals surface area contributed by atoms with Gasteiger partial charge in [-0.3, -0.25) is 0 Å². The molecule has 0 amide bonds. The Kier molecular flexibility index (Phi) is 7.70. The molecule has 17 heavy (non-hydrogen) atoms. The van der Waals surface area contributed by atoms with E-state index in [0.29, 0.717) is 0 Å². The van der Waals surface area contributed by atoms with E-state index in [1.807, 2.05) is 0 Å². The molecule has 1 heteroatoms. The van der Waals surface area contributed by atoms with Gasteiger partial charge in [0.2, 0.25) is 0 Å². The number of rotatable bonds is 9. The third-order valence-corrected chi connectivity index (χ3v) is 3.39. The van der Waals surface area contributed by atoms with E-state index in [1.54, 1.807) is 0 Å². The highest BCUT2D eigenvalue weighted by atomic mass is 14.9. The summed E-state index contributed by atoms with van der Waals surface area (Å²) in [7, 11) is 0. The Balaban J connectivity index is 2.05. The van der Waals surface area contributed by atoms with Gasteiger partial charge in [0, 0.05) is 12.1 Å². The van der Waals surface area contributed by atoms with Gasteiger partial charge in [0.15, 0.2) is 12.4 Å². The van der Waals surface area contributed by atoms with Crippen molar-refractivity contribution in [1.29, 1.82) is 0 Å². The average Bonchev–Trinajstić information content (AvgIpc) is 2.38. The van der Waals surface area contributed by atoms with Gasteiger partial charge in [0.05, 0.1) is 0 Å². The van der Waals surface area contributed by atoms with E-state index in [1.165, 1.54) is 56.9 Å². The van der Waals surface area contributed by atoms with Crippen molar-refractivity contribution in [3.63, 3.8) is 0 Å². The lowest BCUT2D eigenvalue weighted by Gasteiger charge is -2.01. The zero-order valence-corrected chi connectivity index (χ0v) is 11.6. The third-order valence-electron chi connectivity index (χ3n) is 3.39. The van der Waals surface area contributed by atoms with Crippen molar-refractivity contribution in [3.05, 3.63) is 30.1 Å². The van der Waals surface area contributed by atoms with Crippen LogP contribution in [0.1, 0.15) is 64.4 Å². The van der Waals surface area contributed by atoms with Gasteiger partial charge in [-0.1, -0.05) is 45.4 Å². The fourth-order valence-electron chi connectivity index (χ4n) is 2.15. The summed E-state index contributed by atoms with van der Waals surface area (Å²) in [6.07, 6.45) is 15.4. The van der Waals surface area contributed by atoms with Gasteiger partial charge in [-0.25, -0.2) is 4.57 Å². The van der Waals surface area contributed by atoms with Gasteiger partial charge in [0.25, 0.3) is 0 Å². The number of aromatic nitrogens is 1. The topological polar surface area (TPSA) is 3.88 Å². The van der Waals surface area contributed by atoms with E-state index in [0.717, 1.165) is 6.54 Å². The zero-order chi connectivity index (χ0) is 12.3. The van der Waals surface area contributed by atoms with E-state index in [2.05, 4.69) is 42.9 Å². The van der Waals surface area contributed by atoms with Gasteiger partial charge in [-0.05, 0) is 25.3 Å². The lowest BCUT2D eigenvalue weighted by molar-refractivity contribution is -0.693. The first-order valence-corrected chi connectivity index (χ1v) is 7.34. The van der Waals surface area contributed by atoms with Gasteiger partial charge >= 0.3 is 0 Å². The Morgan fingerprint density at radius 3 is 2.00 bits per heavy atom. The van der Waals surface area contributed by atoms with Crippen LogP contribution in [0.15, 0.2) is 24.5 Å². The number of hydrogen-bond acceptors (Lipinski definition) is 0. The Morgan fingerprint density at radius 2 is 1.41 bits per heavy atom. The summed E-state index contributed by atoms with van der Waals surface area (Å²) in [5.74, 6) is 0. The van der Waals surface area contributed by atoms with Gasteiger partial charge in [0.1, 0.15) is 6.54 Å². The van der Waals surface area contributed by atoms with E-state index in [4.69, 9.17) is 0 Å². The summed E-state index contributed by atoms with van der Waals surface area (Å²) in [6, 6.07) is 4.53. The van der Waals surface area contributed by atoms with E-state index < -0.39 is 0 Å². The highest BCUT2D eigenvalue weighted by Gasteiger charge is 1.98. The van der Waals surface area contributed by atoms with Crippen LogP contribution in [-0.2, 0) is 13.0 Å². The minimum atomic E-state index is 1.07. The molecule has 0 saturated carbocycles. The zero-order valence-electron chi connectivity index (χ0n) is 11.6. The van der Waals surface area contributed by atoms with Crippen molar-refractivity contribution >= 4 is 0 Å². The van der Waals surface area contributed by atoms with Crippen LogP contribution in [0, 0.1) is 0 Å². The monoisotopic (exact) mass is 234 g/mol. The van der Waals surface area contributed by atoms with Crippen molar-refractivity contribution in [3.8, 4) is 0 Å². The summed E-state index contributed by atoms with van der Waals surface area (Å²) in [5, 5.41) is 0. The maximum atomic E-state index is 2.28. The molecule has 0 saturated heterocycles. The predicted molar refractivity (Wildman–Crippen MR) is 74.0 cm³/mol. The van der Waals surface area contributed by atoms with Crippen LogP contribution in [0.5, 0.6) is 0 Å². The number of unbranched alkanes of at least 4 members (excludes halogenated alkanes) is 6. The molecule has 0 bridgehead atoms. The fraction of sp³-hybridized carbons (Fsp3) is 0.688. The second-order valence-electron chi connectivity index (χ2n) is 4.91. The van der Waals surface area contributed by atoms with Crippen molar-refractivity contribution in [2.75, 3.05) is 0 Å². The molecule has 0 aromatic carbocycles. The minimum absolute atomic E-state index is 1.07. The lowest BCUT2D eigenvalue weighted by atomic mass is 10.1. The maximum Gasteiger partial charge on any atom is 0.169 e. The van der Waals surface area contributed by atoms with E-state index in [-0.39, 0.29) is 0 Å². The molecule has 1 nitrogen and oxygen atoms in total. The molecule has 0 unspecified atom stereocenters.